The van der Waals surface area contributed by atoms with Gasteiger partial charge < -0.3 is 49.2 Å². The number of nitrogens with zero attached hydrogens (tertiary/aromatic N) is 2. The number of oxazole rings is 2. The van der Waals surface area contributed by atoms with Crippen LogP contribution in [0.5, 0.6) is 11.5 Å². The van der Waals surface area contributed by atoms with Crippen molar-refractivity contribution in [3.05, 3.63) is 166 Å². The number of benzene rings is 6. The minimum Gasteiger partial charge on any atom is -1.00 e. The first-order valence-corrected chi connectivity index (χ1v) is 25.2. The molecule has 1 N–H and O–H groups in total. The summed E-state index contributed by atoms with van der Waals surface area (Å²) < 4.78 is 117. The number of rotatable bonds is 14. The van der Waals surface area contributed by atoms with Crippen LogP contribution in [0.4, 0.5) is 26.3 Å². The maximum atomic E-state index is 13.4. The summed E-state index contributed by atoms with van der Waals surface area (Å²) in [4.78, 5) is 67.8. The predicted molar refractivity (Wildman–Crippen MR) is 294 cm³/mol. The topological polar surface area (TPSA) is 236 Å². The molecule has 0 aliphatic carbocycles. The molecular weight excluding hydrogens is 1260 g/mol. The largest absolute Gasteiger partial charge is 1.00 e. The standard InChI is InChI=1S/C28H23ClF3NO6.C22H13ClF3NO4.C6H11ClO2.CH2O3.CH4.2K.H/c1-27(2,3)26(35)37-15-36-25(34)23(16-7-6-8-17(13-16)28(30,31)32)38-21-12-11-18(29)14-19(21)24-33-20-9-4-5-10-22(20)39-24;23-14-8-9-17(15(11-14)20-27-16-6-1-2-7-18(16)31-20)30-19(21(28)29)12-4-3-5-13(10-12)22(24,25)26;1-6(2,3)5(8)9-4-7;2-1-4-3;;;;/h4-14,23H,15H2,1-3H3;1-11,19H,(H,28,29);4H2,1-3H3;1,3H;1H4;;;/q;;;;;2*+1;-1/p-1. The summed E-state index contributed by atoms with van der Waals surface area (Å²) >= 11 is 17.4. The Balaban J connectivity index is 0.000000705. The quantitative estimate of drug-likeness (QED) is 0.0157. The molecule has 28 heteroatoms. The van der Waals surface area contributed by atoms with Crippen molar-refractivity contribution in [2.45, 2.75) is 73.5 Å². The van der Waals surface area contributed by atoms with E-state index in [0.717, 1.165) is 36.4 Å². The number of hydrogen-bond acceptors (Lipinski definition) is 16. The van der Waals surface area contributed by atoms with Crippen molar-refractivity contribution in [2.75, 3.05) is 12.9 Å². The van der Waals surface area contributed by atoms with Gasteiger partial charge in [-0.2, -0.15) is 26.3 Å². The van der Waals surface area contributed by atoms with Crippen LogP contribution < -0.4 is 118 Å². The third-order valence-electron chi connectivity index (χ3n) is 10.7. The van der Waals surface area contributed by atoms with Gasteiger partial charge in [0, 0.05) is 21.2 Å². The van der Waals surface area contributed by atoms with Crippen molar-refractivity contribution in [3.63, 3.8) is 0 Å². The molecule has 8 rings (SSSR count). The summed E-state index contributed by atoms with van der Waals surface area (Å²) in [7, 11) is 0. The van der Waals surface area contributed by atoms with Gasteiger partial charge in [0.1, 0.15) is 22.5 Å². The van der Waals surface area contributed by atoms with Gasteiger partial charge >= 0.3 is 139 Å². The van der Waals surface area contributed by atoms with Crippen LogP contribution in [0.15, 0.2) is 142 Å². The third-order valence-corrected chi connectivity index (χ3v) is 11.3. The van der Waals surface area contributed by atoms with Crippen molar-refractivity contribution >= 4 is 87.4 Å². The van der Waals surface area contributed by atoms with Gasteiger partial charge in [0.15, 0.2) is 17.2 Å². The Bertz CT molecular complexity index is 3500. The Labute approximate surface area is 590 Å². The van der Waals surface area contributed by atoms with Crippen molar-refractivity contribution in [3.8, 4) is 34.4 Å². The van der Waals surface area contributed by atoms with Crippen LogP contribution >= 0.6 is 34.8 Å². The van der Waals surface area contributed by atoms with E-state index in [1.165, 1.54) is 48.5 Å². The number of carboxylic acids is 1. The number of carbonyl (C=O) groups is 5. The molecular formula is C58H53Cl3F6K2N2O15. The molecule has 2 atom stereocenters. The van der Waals surface area contributed by atoms with E-state index < -0.39 is 71.2 Å². The van der Waals surface area contributed by atoms with Gasteiger partial charge in [0.05, 0.1) is 33.1 Å². The van der Waals surface area contributed by atoms with Gasteiger partial charge in [0.2, 0.25) is 30.8 Å². The monoisotopic (exact) mass is 1310 g/mol. The summed E-state index contributed by atoms with van der Waals surface area (Å²) in [5.74, 6) is -3.12. The van der Waals surface area contributed by atoms with Crippen molar-refractivity contribution < 1.29 is 202 Å². The fraction of sp³-hybridized carbons (Fsp3) is 0.259. The Kier molecular flexibility index (Phi) is 31.0. The Hall–Kier alpha value is -5.11. The fourth-order valence-corrected chi connectivity index (χ4v) is 7.19. The Morgan fingerprint density at radius 2 is 1.00 bits per heavy atom. The number of carboxylic acid groups (broad SMARTS) is 1. The number of esters is 3. The van der Waals surface area contributed by atoms with Gasteiger partial charge in [0.25, 0.3) is 6.47 Å². The number of fused-ring (bicyclic) bond motifs is 2. The molecule has 0 aliphatic heterocycles. The van der Waals surface area contributed by atoms with E-state index >= 15 is 0 Å². The minimum atomic E-state index is -4.67. The maximum Gasteiger partial charge on any atom is 1.00 e. The van der Waals surface area contributed by atoms with Crippen LogP contribution in [0.1, 0.15) is 84.9 Å². The van der Waals surface area contributed by atoms with Crippen LogP contribution in [0.2, 0.25) is 10.0 Å². The Morgan fingerprint density at radius 3 is 1.36 bits per heavy atom. The zero-order valence-electron chi connectivity index (χ0n) is 47.3. The van der Waals surface area contributed by atoms with E-state index in [-0.39, 0.29) is 176 Å². The van der Waals surface area contributed by atoms with E-state index in [1.54, 1.807) is 90.1 Å². The zero-order chi connectivity index (χ0) is 61.5. The second kappa shape index (κ2) is 34.6. The molecule has 0 fully saturated rings. The van der Waals surface area contributed by atoms with Crippen molar-refractivity contribution in [1.82, 2.24) is 9.97 Å². The van der Waals surface area contributed by atoms with Gasteiger partial charge in [-0.1, -0.05) is 90.8 Å². The van der Waals surface area contributed by atoms with E-state index in [9.17, 15) is 50.6 Å². The molecule has 0 spiro atoms. The predicted octanol–water partition coefficient (Wildman–Crippen LogP) is 8.71. The number of alkyl halides is 7. The maximum absolute atomic E-state index is 13.4. The molecule has 2 aromatic heterocycles. The van der Waals surface area contributed by atoms with Gasteiger partial charge in [-0.05, 0) is 126 Å². The number of aliphatic carboxylic acids is 1. The number of para-hydroxylation sites is 4. The second-order valence-corrected chi connectivity index (χ2v) is 20.2. The minimum absolute atomic E-state index is 0. The van der Waals surface area contributed by atoms with Crippen LogP contribution in [0, 0.1) is 10.8 Å². The first-order chi connectivity index (χ1) is 38.9. The fourth-order valence-electron chi connectivity index (χ4n) is 6.74. The molecule has 0 bridgehead atoms. The summed E-state index contributed by atoms with van der Waals surface area (Å²) in [5, 5.41) is 18.7. The molecule has 450 valence electrons. The molecule has 17 nitrogen and oxygen atoms in total. The number of aromatic nitrogens is 2. The smallest absolute Gasteiger partial charge is 1.00 e. The van der Waals surface area contributed by atoms with Crippen molar-refractivity contribution in [1.29, 1.82) is 0 Å². The molecule has 6 aromatic carbocycles. The SMILES string of the molecule is C.CC(C)(C)C(=O)OCCl.CC(C)(C)C(=O)OCOC(=O)C(Oc1ccc(Cl)cc1-c1nc2ccccc2o1)c1cccc(C(F)(F)F)c1.O=C(O)C(Oc1ccc(Cl)cc1-c1nc2ccccc2o1)c1cccc(C(F)(F)F)c1.O=CO[O-].[H-].[K+].[K+]. The van der Waals surface area contributed by atoms with Crippen molar-refractivity contribution in [2.24, 2.45) is 10.8 Å². The van der Waals surface area contributed by atoms with Gasteiger partial charge in [-0.25, -0.2) is 19.6 Å². The summed E-state index contributed by atoms with van der Waals surface area (Å²) in [6.45, 7) is 9.23. The van der Waals surface area contributed by atoms with E-state index in [1.807, 2.05) is 0 Å². The second-order valence-electron chi connectivity index (χ2n) is 19.1. The van der Waals surface area contributed by atoms with Crippen LogP contribution in [-0.2, 0) is 55.4 Å². The zero-order valence-corrected chi connectivity index (χ0v) is 54.8. The van der Waals surface area contributed by atoms with Crippen LogP contribution in [-0.4, -0.2) is 58.3 Å². The Morgan fingerprint density at radius 1 is 0.605 bits per heavy atom. The van der Waals surface area contributed by atoms with Gasteiger partial charge in [-0.15, -0.1) is 0 Å². The molecule has 0 aliphatic rings. The first kappa shape index (κ1) is 77.0. The third kappa shape index (κ3) is 22.8. The summed E-state index contributed by atoms with van der Waals surface area (Å²) in [6, 6.07) is 30.7. The molecule has 86 heavy (non-hydrogen) atoms. The number of ether oxygens (including phenoxy) is 5. The molecule has 0 amide bonds. The summed E-state index contributed by atoms with van der Waals surface area (Å²) in [6.07, 6.45) is -12.7. The van der Waals surface area contributed by atoms with Gasteiger partial charge in [-0.3, -0.25) is 14.4 Å². The molecule has 2 unspecified atom stereocenters. The number of carbonyl (C=O) groups excluding carboxylic acids is 4. The average Bonchev–Trinajstić information content (AvgIpc) is 1.95. The molecule has 0 saturated heterocycles. The first-order valence-electron chi connectivity index (χ1n) is 24.0. The average molecular weight is 1320 g/mol. The van der Waals surface area contributed by atoms with Crippen LogP contribution in [0.25, 0.3) is 45.1 Å². The van der Waals surface area contributed by atoms with E-state index in [4.69, 9.17) is 72.6 Å². The normalized spacial score (nSPS) is 11.7. The molecule has 0 saturated carbocycles. The van der Waals surface area contributed by atoms with Crippen LogP contribution in [0.3, 0.4) is 0 Å². The van der Waals surface area contributed by atoms with E-state index in [0.29, 0.717) is 32.2 Å². The molecule has 0 radical (unpaired) electrons. The van der Waals surface area contributed by atoms with E-state index in [2.05, 4.69) is 19.6 Å². The number of hydrogen-bond donors (Lipinski definition) is 1. The number of halogens is 9. The summed E-state index contributed by atoms with van der Waals surface area (Å²) in [5.41, 5.74) is -0.962. The molecule has 8 aromatic rings. The molecule has 2 heterocycles.